The molecule has 0 unspecified atom stereocenters. The Hall–Kier alpha value is -1.24. The maximum absolute atomic E-state index is 5.87. The van der Waals surface area contributed by atoms with Crippen LogP contribution in [0.25, 0.3) is 0 Å². The minimum atomic E-state index is -0.449. The van der Waals surface area contributed by atoms with Crippen LogP contribution in [-0.2, 0) is 15.7 Å². The molecule has 2 nitrogen and oxygen atoms in total. The molecule has 1 aromatic carbocycles. The summed E-state index contributed by atoms with van der Waals surface area (Å²) < 4.78 is 11.7. The van der Waals surface area contributed by atoms with Crippen LogP contribution in [0.1, 0.15) is 58.6 Å². The molecule has 0 aromatic heterocycles. The fourth-order valence-electron chi connectivity index (χ4n) is 2.18. The van der Waals surface area contributed by atoms with Gasteiger partial charge in [-0.15, -0.1) is 0 Å². The monoisotopic (exact) mass is 284 g/mol. The second-order valence-electron chi connectivity index (χ2n) is 6.66. The molecule has 2 rings (SSSR count). The minimum Gasteiger partial charge on any atom is -0.392 e. The summed E-state index contributed by atoms with van der Waals surface area (Å²) in [5.41, 5.74) is 1.73. The highest BCUT2D eigenvalue weighted by atomic mass is 16.7. The molecule has 1 fully saturated rings. The van der Waals surface area contributed by atoms with Gasteiger partial charge in [0.15, 0.2) is 0 Å². The van der Waals surface area contributed by atoms with E-state index >= 15 is 0 Å². The normalized spacial score (nSPS) is 19.2. The third-order valence-corrected chi connectivity index (χ3v) is 4.36. The molecule has 0 bridgehead atoms. The minimum absolute atomic E-state index is 0.323. The predicted octanol–water partition coefficient (Wildman–Crippen LogP) is 4.01. The van der Waals surface area contributed by atoms with E-state index < -0.39 is 7.12 Å². The predicted molar refractivity (Wildman–Crippen MR) is 88.0 cm³/mol. The molecule has 1 aliphatic rings. The van der Waals surface area contributed by atoms with Crippen molar-refractivity contribution in [3.05, 3.63) is 35.4 Å². The number of hydrogen-bond acceptors (Lipinski definition) is 2. The van der Waals surface area contributed by atoms with E-state index in [2.05, 4.69) is 42.9 Å². The zero-order valence-corrected chi connectivity index (χ0v) is 13.8. The lowest BCUT2D eigenvalue weighted by Gasteiger charge is -2.32. The van der Waals surface area contributed by atoms with Gasteiger partial charge in [0.05, 0.1) is 11.2 Å². The molecule has 1 aliphatic heterocycles. The summed E-state index contributed by atoms with van der Waals surface area (Å²) in [5, 5.41) is 0. The van der Waals surface area contributed by atoms with E-state index in [0.717, 1.165) is 12.0 Å². The molecule has 0 aliphatic carbocycles. The van der Waals surface area contributed by atoms with Crippen LogP contribution >= 0.6 is 0 Å². The van der Waals surface area contributed by atoms with E-state index in [9.17, 15) is 0 Å². The maximum Gasteiger partial charge on any atom is 0.551 e. The molecule has 0 atom stereocenters. The summed E-state index contributed by atoms with van der Waals surface area (Å²) in [6.45, 7) is 10.4. The van der Waals surface area contributed by atoms with Gasteiger partial charge in [0.1, 0.15) is 0 Å². The van der Waals surface area contributed by atoms with Gasteiger partial charge in [-0.05, 0) is 58.2 Å². The third kappa shape index (κ3) is 3.90. The molecule has 1 heterocycles. The first-order valence-electron chi connectivity index (χ1n) is 7.80. The quantitative estimate of drug-likeness (QED) is 0.616. The maximum atomic E-state index is 5.87. The Bertz CT molecular complexity index is 519. The van der Waals surface area contributed by atoms with Gasteiger partial charge < -0.3 is 9.31 Å². The lowest BCUT2D eigenvalue weighted by atomic mass is 9.90. The van der Waals surface area contributed by atoms with Crippen LogP contribution in [0.5, 0.6) is 0 Å². The summed E-state index contributed by atoms with van der Waals surface area (Å²) in [4.78, 5) is 0. The zero-order valence-electron chi connectivity index (χ0n) is 13.8. The number of hydrogen-bond donors (Lipinski definition) is 0. The van der Waals surface area contributed by atoms with Gasteiger partial charge in [-0.2, -0.15) is 0 Å². The number of benzene rings is 1. The number of aryl methyl sites for hydroxylation is 1. The van der Waals surface area contributed by atoms with E-state index in [1.54, 1.807) is 0 Å². The molecule has 0 N–H and O–H groups in total. The molecule has 0 radical (unpaired) electrons. The SMILES string of the molecule is CCCCc1ccc(C#CB2OC(C)(C)C(C)(C)O2)cc1. The Morgan fingerprint density at radius 1 is 1.00 bits per heavy atom. The van der Waals surface area contributed by atoms with Crippen LogP contribution in [0, 0.1) is 11.7 Å². The Balaban J connectivity index is 2.00. The van der Waals surface area contributed by atoms with Crippen LogP contribution in [0.3, 0.4) is 0 Å². The van der Waals surface area contributed by atoms with Crippen molar-refractivity contribution >= 4 is 7.12 Å². The fraction of sp³-hybridized carbons (Fsp3) is 0.556. The van der Waals surface area contributed by atoms with Gasteiger partial charge >= 0.3 is 7.12 Å². The van der Waals surface area contributed by atoms with Crippen LogP contribution in [0.2, 0.25) is 0 Å². The average molecular weight is 284 g/mol. The average Bonchev–Trinajstić information content (AvgIpc) is 2.63. The molecule has 1 aromatic rings. The van der Waals surface area contributed by atoms with Crippen molar-refractivity contribution in [3.63, 3.8) is 0 Å². The molecule has 3 heteroatoms. The Morgan fingerprint density at radius 3 is 2.10 bits per heavy atom. The Kier molecular flexibility index (Phi) is 4.81. The smallest absolute Gasteiger partial charge is 0.392 e. The summed E-state index contributed by atoms with van der Waals surface area (Å²) in [6.07, 6.45) is 3.60. The standard InChI is InChI=1S/C18H25BO2/c1-6-7-8-15-9-11-16(12-10-15)13-14-19-20-17(2,3)18(4,5)21-19/h9-12H,6-8H2,1-5H3. The van der Waals surface area contributed by atoms with Gasteiger partial charge in [-0.25, -0.2) is 0 Å². The van der Waals surface area contributed by atoms with Crippen LogP contribution in [-0.4, -0.2) is 18.3 Å². The summed E-state index contributed by atoms with van der Waals surface area (Å²) in [7, 11) is -0.449. The van der Waals surface area contributed by atoms with Gasteiger partial charge in [-0.3, -0.25) is 0 Å². The van der Waals surface area contributed by atoms with Crippen LogP contribution < -0.4 is 0 Å². The lowest BCUT2D eigenvalue weighted by molar-refractivity contribution is 0.00578. The summed E-state index contributed by atoms with van der Waals surface area (Å²) in [6, 6.07) is 8.46. The molecule has 0 saturated carbocycles. The Labute approximate surface area is 129 Å². The molecule has 0 amide bonds. The number of unbranched alkanes of at least 4 members (excludes halogenated alkanes) is 1. The first-order valence-corrected chi connectivity index (χ1v) is 7.80. The lowest BCUT2D eigenvalue weighted by Crippen LogP contribution is -2.41. The van der Waals surface area contributed by atoms with Crippen LogP contribution in [0.15, 0.2) is 24.3 Å². The topological polar surface area (TPSA) is 18.5 Å². The van der Waals surface area contributed by atoms with Crippen molar-refractivity contribution in [1.29, 1.82) is 0 Å². The van der Waals surface area contributed by atoms with E-state index in [0.29, 0.717) is 0 Å². The van der Waals surface area contributed by atoms with E-state index in [1.807, 2.05) is 27.7 Å². The van der Waals surface area contributed by atoms with Crippen molar-refractivity contribution in [3.8, 4) is 11.7 Å². The largest absolute Gasteiger partial charge is 0.551 e. The van der Waals surface area contributed by atoms with E-state index in [-0.39, 0.29) is 11.2 Å². The second kappa shape index (κ2) is 6.26. The number of rotatable bonds is 3. The van der Waals surface area contributed by atoms with Crippen molar-refractivity contribution in [2.45, 2.75) is 65.1 Å². The van der Waals surface area contributed by atoms with E-state index in [1.165, 1.54) is 18.4 Å². The Morgan fingerprint density at radius 2 is 1.57 bits per heavy atom. The highest BCUT2D eigenvalue weighted by Crippen LogP contribution is 2.36. The van der Waals surface area contributed by atoms with Gasteiger partial charge in [0.25, 0.3) is 0 Å². The highest BCUT2D eigenvalue weighted by Gasteiger charge is 2.50. The van der Waals surface area contributed by atoms with Crippen molar-refractivity contribution in [2.75, 3.05) is 0 Å². The van der Waals surface area contributed by atoms with Gasteiger partial charge in [-0.1, -0.05) is 37.2 Å². The molecular weight excluding hydrogens is 259 g/mol. The van der Waals surface area contributed by atoms with Crippen molar-refractivity contribution in [2.24, 2.45) is 0 Å². The van der Waals surface area contributed by atoms with Gasteiger partial charge in [0.2, 0.25) is 0 Å². The first-order chi connectivity index (χ1) is 9.84. The van der Waals surface area contributed by atoms with Crippen molar-refractivity contribution < 1.29 is 9.31 Å². The van der Waals surface area contributed by atoms with Crippen molar-refractivity contribution in [1.82, 2.24) is 0 Å². The molecular formula is C18H25BO2. The second-order valence-corrected chi connectivity index (χ2v) is 6.66. The first kappa shape index (κ1) is 16.1. The highest BCUT2D eigenvalue weighted by molar-refractivity contribution is 6.55. The fourth-order valence-corrected chi connectivity index (χ4v) is 2.18. The molecule has 21 heavy (non-hydrogen) atoms. The molecule has 1 saturated heterocycles. The van der Waals surface area contributed by atoms with Gasteiger partial charge in [0, 0.05) is 5.56 Å². The summed E-state index contributed by atoms with van der Waals surface area (Å²) >= 11 is 0. The zero-order chi connectivity index (χ0) is 15.5. The summed E-state index contributed by atoms with van der Waals surface area (Å²) in [5.74, 6) is 6.22. The van der Waals surface area contributed by atoms with Crippen LogP contribution in [0.4, 0.5) is 0 Å². The third-order valence-electron chi connectivity index (χ3n) is 4.36. The molecule has 112 valence electrons. The van der Waals surface area contributed by atoms with E-state index in [4.69, 9.17) is 9.31 Å². The molecule has 0 spiro atoms.